The van der Waals surface area contributed by atoms with Gasteiger partial charge in [0, 0.05) is 5.69 Å². The van der Waals surface area contributed by atoms with Crippen LogP contribution in [0.3, 0.4) is 0 Å². The molecular weight excluding hydrogens is 344 g/mol. The molecule has 0 spiro atoms. The van der Waals surface area contributed by atoms with Crippen molar-refractivity contribution in [3.63, 3.8) is 0 Å². The molecule has 2 aromatic rings. The van der Waals surface area contributed by atoms with Crippen LogP contribution < -0.4 is 14.9 Å². The predicted molar refractivity (Wildman–Crippen MR) is 105 cm³/mol. The number of amides is 1. The zero-order valence-corrected chi connectivity index (χ0v) is 16.7. The Morgan fingerprint density at radius 1 is 1.30 bits per heavy atom. The van der Waals surface area contributed by atoms with Gasteiger partial charge in [-0.3, -0.25) is 9.48 Å². The summed E-state index contributed by atoms with van der Waals surface area (Å²) in [7, 11) is 1.60. The largest absolute Gasteiger partial charge is 0.493 e. The number of methoxy groups -OCH3 is 1. The molecule has 0 unspecified atom stereocenters. The molecule has 146 valence electrons. The quantitative estimate of drug-likeness (QED) is 0.542. The maximum Gasteiger partial charge on any atom is 0.261 e. The van der Waals surface area contributed by atoms with E-state index in [1.54, 1.807) is 18.0 Å². The molecule has 1 aromatic heterocycles. The van der Waals surface area contributed by atoms with Crippen LogP contribution >= 0.6 is 0 Å². The topological polar surface area (TPSA) is 77.7 Å². The molecule has 0 fully saturated rings. The molecule has 7 heteroatoms. The molecule has 0 saturated heterocycles. The molecule has 7 nitrogen and oxygen atoms in total. The van der Waals surface area contributed by atoms with Crippen molar-refractivity contribution in [3.05, 3.63) is 41.2 Å². The fourth-order valence-corrected chi connectivity index (χ4v) is 2.47. The van der Waals surface area contributed by atoms with Crippen LogP contribution in [0.25, 0.3) is 0 Å². The summed E-state index contributed by atoms with van der Waals surface area (Å²) in [5.41, 5.74) is 5.13. The average Bonchev–Trinajstić information content (AvgIpc) is 2.92. The molecule has 0 saturated carbocycles. The second-order valence-corrected chi connectivity index (χ2v) is 6.82. The highest BCUT2D eigenvalue weighted by atomic mass is 16.5. The fourth-order valence-electron chi connectivity index (χ4n) is 2.47. The number of carbonyl (C=O) groups is 1. The minimum atomic E-state index is -0.238. The summed E-state index contributed by atoms with van der Waals surface area (Å²) in [6.45, 7) is 8.89. The first kappa shape index (κ1) is 20.5. The van der Waals surface area contributed by atoms with E-state index in [1.165, 1.54) is 0 Å². The van der Waals surface area contributed by atoms with E-state index < -0.39 is 0 Å². The Morgan fingerprint density at radius 3 is 2.70 bits per heavy atom. The Hall–Kier alpha value is -2.83. The van der Waals surface area contributed by atoms with Gasteiger partial charge in [-0.25, -0.2) is 5.43 Å². The molecule has 27 heavy (non-hydrogen) atoms. The lowest BCUT2D eigenvalue weighted by Crippen LogP contribution is -2.24. The molecule has 1 aromatic carbocycles. The minimum Gasteiger partial charge on any atom is -0.493 e. The van der Waals surface area contributed by atoms with Crippen molar-refractivity contribution in [3.8, 4) is 11.5 Å². The number of nitrogens with one attached hydrogen (secondary N) is 1. The number of hydrazone groups is 1. The number of hydrogen-bond donors (Lipinski definition) is 1. The Morgan fingerprint density at radius 2 is 2.07 bits per heavy atom. The molecule has 0 aliphatic carbocycles. The third-order valence-electron chi connectivity index (χ3n) is 3.94. The van der Waals surface area contributed by atoms with Gasteiger partial charge in [0.2, 0.25) is 0 Å². The standard InChI is InChI=1S/C20H28N4O3/c1-14(2)8-9-27-18-7-6-17(11-19(18)26-5)12-21-22-20(25)13-24-16(4)10-15(3)23-24/h6-7,10-12,14H,8-9,13H2,1-5H3,(H,22,25)/b21-12-. The second-order valence-electron chi connectivity index (χ2n) is 6.82. The molecule has 0 atom stereocenters. The molecule has 0 bridgehead atoms. The zero-order valence-electron chi connectivity index (χ0n) is 16.7. The number of rotatable bonds is 9. The van der Waals surface area contributed by atoms with Crippen LogP contribution in [0.15, 0.2) is 29.4 Å². The van der Waals surface area contributed by atoms with E-state index in [-0.39, 0.29) is 12.5 Å². The summed E-state index contributed by atoms with van der Waals surface area (Å²) in [6, 6.07) is 7.46. The van der Waals surface area contributed by atoms with Crippen LogP contribution in [0.1, 0.15) is 37.2 Å². The minimum absolute atomic E-state index is 0.128. The monoisotopic (exact) mass is 372 g/mol. The Kier molecular flexibility index (Phi) is 7.40. The number of ether oxygens (including phenoxy) is 2. The molecule has 1 N–H and O–H groups in total. The Balaban J connectivity index is 1.92. The van der Waals surface area contributed by atoms with Crippen LogP contribution in [-0.4, -0.2) is 35.6 Å². The van der Waals surface area contributed by atoms with E-state index in [4.69, 9.17) is 9.47 Å². The van der Waals surface area contributed by atoms with E-state index in [1.807, 2.05) is 38.1 Å². The van der Waals surface area contributed by atoms with Gasteiger partial charge in [0.15, 0.2) is 11.5 Å². The van der Waals surface area contributed by atoms with Crippen molar-refractivity contribution in [2.45, 2.75) is 40.7 Å². The molecule has 0 aliphatic heterocycles. The van der Waals surface area contributed by atoms with Crippen molar-refractivity contribution in [2.75, 3.05) is 13.7 Å². The zero-order chi connectivity index (χ0) is 19.8. The molecule has 0 aliphatic rings. The van der Waals surface area contributed by atoms with Crippen LogP contribution in [0.5, 0.6) is 11.5 Å². The lowest BCUT2D eigenvalue weighted by Gasteiger charge is -2.12. The fraction of sp³-hybridized carbons (Fsp3) is 0.450. The van der Waals surface area contributed by atoms with Crippen LogP contribution in [0.2, 0.25) is 0 Å². The number of aryl methyl sites for hydroxylation is 2. The third kappa shape index (κ3) is 6.44. The van der Waals surface area contributed by atoms with E-state index in [0.717, 1.165) is 23.4 Å². The molecule has 0 radical (unpaired) electrons. The predicted octanol–water partition coefficient (Wildman–Crippen LogP) is 3.08. The number of aromatic nitrogens is 2. The normalized spacial score (nSPS) is 11.2. The smallest absolute Gasteiger partial charge is 0.261 e. The number of benzene rings is 1. The van der Waals surface area contributed by atoms with Gasteiger partial charge in [-0.2, -0.15) is 10.2 Å². The van der Waals surface area contributed by atoms with Crippen molar-refractivity contribution in [2.24, 2.45) is 11.0 Å². The van der Waals surface area contributed by atoms with Crippen LogP contribution in [0, 0.1) is 19.8 Å². The number of carbonyl (C=O) groups excluding carboxylic acids is 1. The van der Waals surface area contributed by atoms with Gasteiger partial charge in [-0.1, -0.05) is 13.8 Å². The summed E-state index contributed by atoms with van der Waals surface area (Å²) in [4.78, 5) is 12.0. The maximum atomic E-state index is 12.0. The van der Waals surface area contributed by atoms with Gasteiger partial charge in [0.05, 0.1) is 25.6 Å². The molecule has 1 amide bonds. The van der Waals surface area contributed by atoms with E-state index in [0.29, 0.717) is 24.0 Å². The summed E-state index contributed by atoms with van der Waals surface area (Å²) < 4.78 is 12.8. The van der Waals surface area contributed by atoms with Gasteiger partial charge in [0.1, 0.15) is 6.54 Å². The van der Waals surface area contributed by atoms with E-state index in [9.17, 15) is 4.79 Å². The summed E-state index contributed by atoms with van der Waals surface area (Å²) in [5, 5.41) is 8.26. The van der Waals surface area contributed by atoms with Crippen LogP contribution in [0.4, 0.5) is 0 Å². The Labute approximate surface area is 160 Å². The van der Waals surface area contributed by atoms with Crippen molar-refractivity contribution >= 4 is 12.1 Å². The molecular formula is C20H28N4O3. The summed E-state index contributed by atoms with van der Waals surface area (Å²) >= 11 is 0. The van der Waals surface area contributed by atoms with Gasteiger partial charge in [0.25, 0.3) is 5.91 Å². The molecule has 1 heterocycles. The summed E-state index contributed by atoms with van der Waals surface area (Å²) in [5.74, 6) is 1.68. The SMILES string of the molecule is COc1cc(/C=N\NC(=O)Cn2nc(C)cc2C)ccc1OCCC(C)C. The van der Waals surface area contributed by atoms with Crippen molar-refractivity contribution < 1.29 is 14.3 Å². The van der Waals surface area contributed by atoms with Gasteiger partial charge in [-0.15, -0.1) is 0 Å². The molecule has 2 rings (SSSR count). The van der Waals surface area contributed by atoms with Crippen LogP contribution in [-0.2, 0) is 11.3 Å². The van der Waals surface area contributed by atoms with Crippen molar-refractivity contribution in [1.82, 2.24) is 15.2 Å². The highest BCUT2D eigenvalue weighted by Gasteiger charge is 2.07. The van der Waals surface area contributed by atoms with Gasteiger partial charge >= 0.3 is 0 Å². The first-order chi connectivity index (χ1) is 12.9. The van der Waals surface area contributed by atoms with Crippen molar-refractivity contribution in [1.29, 1.82) is 0 Å². The summed E-state index contributed by atoms with van der Waals surface area (Å²) in [6.07, 6.45) is 2.55. The van der Waals surface area contributed by atoms with Gasteiger partial charge in [-0.05, 0) is 56.0 Å². The lowest BCUT2D eigenvalue weighted by molar-refractivity contribution is -0.121. The lowest BCUT2D eigenvalue weighted by atomic mass is 10.1. The first-order valence-electron chi connectivity index (χ1n) is 9.03. The van der Waals surface area contributed by atoms with Gasteiger partial charge < -0.3 is 9.47 Å². The maximum absolute atomic E-state index is 12.0. The Bertz CT molecular complexity index is 797. The number of nitrogens with zero attached hydrogens (tertiary/aromatic N) is 3. The number of hydrogen-bond acceptors (Lipinski definition) is 5. The third-order valence-corrected chi connectivity index (χ3v) is 3.94. The first-order valence-corrected chi connectivity index (χ1v) is 9.03. The highest BCUT2D eigenvalue weighted by Crippen LogP contribution is 2.27. The van der Waals surface area contributed by atoms with E-state index >= 15 is 0 Å². The van der Waals surface area contributed by atoms with E-state index in [2.05, 4.69) is 29.5 Å². The second kappa shape index (κ2) is 9.75. The average molecular weight is 372 g/mol. The highest BCUT2D eigenvalue weighted by molar-refractivity contribution is 5.83.